The molecule has 1 aromatic heterocycles. The van der Waals surface area contributed by atoms with Crippen LogP contribution in [0.25, 0.3) is 0 Å². The molecule has 0 aliphatic carbocycles. The van der Waals surface area contributed by atoms with Crippen LogP contribution in [0.5, 0.6) is 5.75 Å². The van der Waals surface area contributed by atoms with Crippen molar-refractivity contribution in [2.24, 2.45) is 0 Å². The summed E-state index contributed by atoms with van der Waals surface area (Å²) in [5.74, 6) is -0.758. The van der Waals surface area contributed by atoms with Crippen molar-refractivity contribution in [1.82, 2.24) is 4.98 Å². The van der Waals surface area contributed by atoms with Crippen molar-refractivity contribution >= 4 is 22.4 Å². The van der Waals surface area contributed by atoms with Gasteiger partial charge < -0.3 is 4.74 Å². The fourth-order valence-corrected chi connectivity index (χ4v) is 2.07. The molecule has 0 atom stereocenters. The molecule has 94 valence electrons. The van der Waals surface area contributed by atoms with Crippen molar-refractivity contribution in [1.29, 1.82) is 0 Å². The second-order valence-corrected chi connectivity index (χ2v) is 4.40. The van der Waals surface area contributed by atoms with Gasteiger partial charge in [-0.25, -0.2) is 9.37 Å². The number of anilines is 1. The number of thiazole rings is 1. The monoisotopic (exact) mass is 266 g/mol. The van der Waals surface area contributed by atoms with Gasteiger partial charge in [0.2, 0.25) is 0 Å². The molecule has 0 spiro atoms. The minimum absolute atomic E-state index is 0.114. The summed E-state index contributed by atoms with van der Waals surface area (Å²) in [6.07, 6.45) is 1.61. The number of amides is 1. The first-order valence-electron chi connectivity index (χ1n) is 5.14. The van der Waals surface area contributed by atoms with Gasteiger partial charge in [-0.05, 0) is 18.2 Å². The summed E-state index contributed by atoms with van der Waals surface area (Å²) in [4.78, 5) is 17.5. The number of hydrogen-bond acceptors (Lipinski definition) is 4. The van der Waals surface area contributed by atoms with Crippen LogP contribution in [-0.2, 0) is 0 Å². The summed E-state index contributed by atoms with van der Waals surface area (Å²) in [5.41, 5.74) is 0.256. The number of ether oxygens (including phenoxy) is 1. The molecule has 4 nitrogen and oxygen atoms in total. The molecule has 2 aromatic rings. The van der Waals surface area contributed by atoms with Crippen LogP contribution in [0.1, 0.15) is 10.4 Å². The highest BCUT2D eigenvalue weighted by Gasteiger charge is 2.17. The lowest BCUT2D eigenvalue weighted by molar-refractivity contribution is 0.0992. The van der Waals surface area contributed by atoms with E-state index in [4.69, 9.17) is 4.74 Å². The van der Waals surface area contributed by atoms with Crippen LogP contribution >= 0.6 is 11.3 Å². The molecule has 0 bridgehead atoms. The van der Waals surface area contributed by atoms with Gasteiger partial charge in [-0.2, -0.15) is 0 Å². The van der Waals surface area contributed by atoms with E-state index >= 15 is 0 Å². The molecule has 1 heterocycles. The van der Waals surface area contributed by atoms with Gasteiger partial charge in [0.05, 0.1) is 7.11 Å². The maximum absolute atomic E-state index is 13.5. The maximum Gasteiger partial charge on any atom is 0.259 e. The van der Waals surface area contributed by atoms with Crippen LogP contribution in [0.4, 0.5) is 9.52 Å². The first kappa shape index (κ1) is 12.5. The predicted molar refractivity (Wildman–Crippen MR) is 67.8 cm³/mol. The average molecular weight is 266 g/mol. The third-order valence-corrected chi connectivity index (χ3v) is 3.26. The normalized spacial score (nSPS) is 10.2. The van der Waals surface area contributed by atoms with Crippen LogP contribution < -0.4 is 9.64 Å². The molecule has 2 rings (SSSR count). The molecule has 0 aliphatic heterocycles. The highest BCUT2D eigenvalue weighted by atomic mass is 32.1. The summed E-state index contributed by atoms with van der Waals surface area (Å²) >= 11 is 1.34. The second kappa shape index (κ2) is 5.14. The van der Waals surface area contributed by atoms with Gasteiger partial charge in [-0.1, -0.05) is 0 Å². The average Bonchev–Trinajstić information content (AvgIpc) is 2.90. The Labute approximate surface area is 108 Å². The third kappa shape index (κ3) is 2.33. The van der Waals surface area contributed by atoms with Crippen molar-refractivity contribution in [2.45, 2.75) is 0 Å². The summed E-state index contributed by atoms with van der Waals surface area (Å²) < 4.78 is 18.3. The van der Waals surface area contributed by atoms with E-state index in [9.17, 15) is 9.18 Å². The number of carbonyl (C=O) groups is 1. The fourth-order valence-electron chi connectivity index (χ4n) is 1.46. The molecule has 18 heavy (non-hydrogen) atoms. The molecule has 1 amide bonds. The van der Waals surface area contributed by atoms with E-state index in [2.05, 4.69) is 4.98 Å². The fraction of sp³-hybridized carbons (Fsp3) is 0.167. The van der Waals surface area contributed by atoms with E-state index in [1.165, 1.54) is 35.5 Å². The third-order valence-electron chi connectivity index (χ3n) is 2.41. The predicted octanol–water partition coefficient (Wildman–Crippen LogP) is 2.57. The van der Waals surface area contributed by atoms with E-state index in [0.29, 0.717) is 5.13 Å². The minimum Gasteiger partial charge on any atom is -0.494 e. The maximum atomic E-state index is 13.5. The van der Waals surface area contributed by atoms with Gasteiger partial charge >= 0.3 is 0 Å². The number of hydrogen-bond donors (Lipinski definition) is 0. The van der Waals surface area contributed by atoms with Gasteiger partial charge in [0.1, 0.15) is 0 Å². The summed E-state index contributed by atoms with van der Waals surface area (Å²) in [5, 5.41) is 2.34. The molecule has 0 radical (unpaired) electrons. The van der Waals surface area contributed by atoms with Crippen LogP contribution in [-0.4, -0.2) is 25.0 Å². The number of methoxy groups -OCH3 is 1. The summed E-state index contributed by atoms with van der Waals surface area (Å²) in [7, 11) is 2.98. The molecule has 0 N–H and O–H groups in total. The van der Waals surface area contributed by atoms with Gasteiger partial charge in [0.25, 0.3) is 5.91 Å². The molecule has 0 fully saturated rings. The lowest BCUT2D eigenvalue weighted by atomic mass is 10.2. The number of benzene rings is 1. The number of carbonyl (C=O) groups excluding carboxylic acids is 1. The first-order valence-corrected chi connectivity index (χ1v) is 6.02. The smallest absolute Gasteiger partial charge is 0.259 e. The zero-order chi connectivity index (χ0) is 13.1. The molecular weight excluding hydrogens is 255 g/mol. The van der Waals surface area contributed by atoms with Crippen LogP contribution in [0.15, 0.2) is 29.8 Å². The lowest BCUT2D eigenvalue weighted by Crippen LogP contribution is -2.26. The van der Waals surface area contributed by atoms with Gasteiger partial charge in [-0.15, -0.1) is 11.3 Å². The highest BCUT2D eigenvalue weighted by Crippen LogP contribution is 2.21. The van der Waals surface area contributed by atoms with Gasteiger partial charge in [-0.3, -0.25) is 9.69 Å². The van der Waals surface area contributed by atoms with Crippen LogP contribution in [0.3, 0.4) is 0 Å². The van der Waals surface area contributed by atoms with Gasteiger partial charge in [0, 0.05) is 24.2 Å². The Morgan fingerprint density at radius 3 is 2.83 bits per heavy atom. The van der Waals surface area contributed by atoms with Gasteiger partial charge in [0.15, 0.2) is 16.7 Å². The number of aromatic nitrogens is 1. The number of nitrogens with zero attached hydrogens (tertiary/aromatic N) is 2. The Kier molecular flexibility index (Phi) is 3.57. The molecular formula is C12H11FN2O2S. The van der Waals surface area contributed by atoms with Crippen molar-refractivity contribution in [3.05, 3.63) is 41.2 Å². The molecule has 0 unspecified atom stereocenters. The van der Waals surface area contributed by atoms with Crippen molar-refractivity contribution in [2.75, 3.05) is 19.1 Å². The Balaban J connectivity index is 2.26. The number of halogens is 1. The Morgan fingerprint density at radius 2 is 2.28 bits per heavy atom. The second-order valence-electron chi connectivity index (χ2n) is 3.53. The Bertz CT molecular complexity index is 557. The molecule has 0 aliphatic rings. The quantitative estimate of drug-likeness (QED) is 0.857. The molecule has 0 saturated heterocycles. The zero-order valence-electron chi connectivity index (χ0n) is 9.88. The summed E-state index contributed by atoms with van der Waals surface area (Å²) in [6, 6.07) is 4.11. The molecule has 1 aromatic carbocycles. The topological polar surface area (TPSA) is 42.4 Å². The van der Waals surface area contributed by atoms with E-state index in [1.807, 2.05) is 0 Å². The van der Waals surface area contributed by atoms with E-state index < -0.39 is 5.82 Å². The van der Waals surface area contributed by atoms with Crippen LogP contribution in [0, 0.1) is 5.82 Å². The van der Waals surface area contributed by atoms with E-state index in [-0.39, 0.29) is 17.2 Å². The Morgan fingerprint density at radius 1 is 1.50 bits per heavy atom. The van der Waals surface area contributed by atoms with E-state index in [1.54, 1.807) is 18.6 Å². The van der Waals surface area contributed by atoms with Crippen molar-refractivity contribution in [3.63, 3.8) is 0 Å². The zero-order valence-corrected chi connectivity index (χ0v) is 10.7. The largest absolute Gasteiger partial charge is 0.494 e. The van der Waals surface area contributed by atoms with Crippen molar-refractivity contribution in [3.8, 4) is 5.75 Å². The highest BCUT2D eigenvalue weighted by molar-refractivity contribution is 7.13. The minimum atomic E-state index is -0.559. The molecule has 0 saturated carbocycles. The Hall–Kier alpha value is -1.95. The SMILES string of the molecule is COc1ccc(C(=O)N(C)c2nccs2)cc1F. The number of rotatable bonds is 3. The lowest BCUT2D eigenvalue weighted by Gasteiger charge is -2.14. The van der Waals surface area contributed by atoms with Crippen LogP contribution in [0.2, 0.25) is 0 Å². The van der Waals surface area contributed by atoms with E-state index in [0.717, 1.165) is 6.07 Å². The molecule has 6 heteroatoms. The van der Waals surface area contributed by atoms with Crippen molar-refractivity contribution < 1.29 is 13.9 Å². The standard InChI is InChI=1S/C12H11FN2O2S/c1-15(12-14-5-6-18-12)11(16)8-3-4-10(17-2)9(13)7-8/h3-7H,1-2H3. The summed E-state index contributed by atoms with van der Waals surface area (Å²) in [6.45, 7) is 0. The first-order chi connectivity index (χ1) is 8.63.